The zero-order valence-corrected chi connectivity index (χ0v) is 28.4. The maximum absolute atomic E-state index is 14.2. The summed E-state index contributed by atoms with van der Waals surface area (Å²) in [7, 11) is 0. The van der Waals surface area contributed by atoms with E-state index in [4.69, 9.17) is 9.97 Å². The standard InChI is InChI=1S/C38H54N6O2/c1-26-22-31-29-9-8-27-23-28(45)10-12-37(27,2)30(29)11-13-38(31,3)35(26)32(46)25-41-18-20-43(21-19-41)34-24-33(42-14-4-5-15-42)39-36(40-34)44-16-6-7-17-44/h10-12,24,26-27,29,31,35H,4-9,13-23,25H2,1-3H3/t26-,27+,29-,31+,35-,37+,38+/m1/s1. The number of allylic oxidation sites excluding steroid dienone is 4. The molecular weight excluding hydrogens is 572 g/mol. The third-order valence-corrected chi connectivity index (χ3v) is 13.7. The summed E-state index contributed by atoms with van der Waals surface area (Å²) in [5.41, 5.74) is 1.62. The molecule has 0 bridgehead atoms. The fourth-order valence-electron chi connectivity index (χ4n) is 11.2. The lowest BCUT2D eigenvalue weighted by Crippen LogP contribution is -2.51. The van der Waals surface area contributed by atoms with Gasteiger partial charge in [0.2, 0.25) is 5.95 Å². The molecule has 248 valence electrons. The van der Waals surface area contributed by atoms with E-state index in [-0.39, 0.29) is 16.7 Å². The molecule has 0 unspecified atom stereocenters. The highest BCUT2D eigenvalue weighted by Crippen LogP contribution is 2.65. The zero-order valence-electron chi connectivity index (χ0n) is 28.4. The van der Waals surface area contributed by atoms with Crippen molar-refractivity contribution in [2.75, 3.05) is 73.6 Å². The quantitative estimate of drug-likeness (QED) is 0.382. The Labute approximate surface area is 275 Å². The minimum atomic E-state index is 0.0112. The van der Waals surface area contributed by atoms with Crippen molar-refractivity contribution in [2.45, 2.75) is 78.6 Å². The average Bonchev–Trinajstić information content (AvgIpc) is 3.83. The lowest BCUT2D eigenvalue weighted by atomic mass is 9.50. The Morgan fingerprint density at radius 2 is 1.54 bits per heavy atom. The molecule has 5 fully saturated rings. The number of Topliss-reactive ketones (excluding diaryl/α,β-unsaturated/α-hetero) is 1. The first kappa shape index (κ1) is 30.6. The summed E-state index contributed by atoms with van der Waals surface area (Å²) < 4.78 is 0. The molecule has 4 aliphatic carbocycles. The van der Waals surface area contributed by atoms with Gasteiger partial charge >= 0.3 is 0 Å². The molecule has 3 saturated heterocycles. The molecule has 7 aliphatic rings. The Bertz CT molecular complexity index is 1390. The van der Waals surface area contributed by atoms with E-state index in [9.17, 15) is 9.59 Å². The fraction of sp³-hybridized carbons (Fsp3) is 0.737. The number of hydrogen-bond donors (Lipinski definition) is 0. The number of rotatable bonds is 6. The summed E-state index contributed by atoms with van der Waals surface area (Å²) in [5.74, 6) is 5.86. The van der Waals surface area contributed by atoms with Gasteiger partial charge in [0, 0.05) is 76.2 Å². The highest BCUT2D eigenvalue weighted by Gasteiger charge is 2.60. The number of aromatic nitrogens is 2. The largest absolute Gasteiger partial charge is 0.356 e. The number of ketones is 2. The van der Waals surface area contributed by atoms with Crippen LogP contribution in [-0.4, -0.2) is 85.3 Å². The van der Waals surface area contributed by atoms with Crippen molar-refractivity contribution in [3.05, 3.63) is 29.9 Å². The van der Waals surface area contributed by atoms with Gasteiger partial charge in [-0.1, -0.05) is 38.5 Å². The highest BCUT2D eigenvalue weighted by atomic mass is 16.1. The molecule has 8 nitrogen and oxygen atoms in total. The van der Waals surface area contributed by atoms with Crippen molar-refractivity contribution in [1.29, 1.82) is 0 Å². The number of piperazine rings is 1. The second-order valence-electron chi connectivity index (χ2n) is 16.3. The van der Waals surface area contributed by atoms with E-state index in [1.807, 2.05) is 6.08 Å². The highest BCUT2D eigenvalue weighted by molar-refractivity contribution is 5.91. The molecule has 0 N–H and O–H groups in total. The van der Waals surface area contributed by atoms with E-state index >= 15 is 0 Å². The monoisotopic (exact) mass is 626 g/mol. The molecule has 1 aromatic rings. The van der Waals surface area contributed by atoms with Gasteiger partial charge in [0.05, 0.1) is 6.54 Å². The molecule has 3 aliphatic heterocycles. The molecule has 0 radical (unpaired) electrons. The van der Waals surface area contributed by atoms with Gasteiger partial charge in [-0.05, 0) is 86.5 Å². The van der Waals surface area contributed by atoms with Crippen molar-refractivity contribution in [3.63, 3.8) is 0 Å². The first-order chi connectivity index (χ1) is 22.2. The van der Waals surface area contributed by atoms with Gasteiger partial charge in [-0.3, -0.25) is 14.5 Å². The molecule has 0 aromatic carbocycles. The van der Waals surface area contributed by atoms with Gasteiger partial charge in [-0.2, -0.15) is 9.97 Å². The molecule has 0 amide bonds. The maximum atomic E-state index is 14.2. The predicted molar refractivity (Wildman–Crippen MR) is 183 cm³/mol. The third-order valence-electron chi connectivity index (χ3n) is 13.7. The van der Waals surface area contributed by atoms with Gasteiger partial charge in [0.25, 0.3) is 0 Å². The number of carbonyl (C=O) groups excluding carboxylic acids is 2. The molecule has 7 atom stereocenters. The molecule has 2 saturated carbocycles. The van der Waals surface area contributed by atoms with Crippen LogP contribution in [0.4, 0.5) is 17.6 Å². The summed E-state index contributed by atoms with van der Waals surface area (Å²) in [4.78, 5) is 46.2. The van der Waals surface area contributed by atoms with Crippen LogP contribution in [0, 0.1) is 40.4 Å². The second kappa shape index (κ2) is 11.7. The van der Waals surface area contributed by atoms with Gasteiger partial charge < -0.3 is 14.7 Å². The van der Waals surface area contributed by atoms with Crippen LogP contribution in [0.15, 0.2) is 29.9 Å². The minimum Gasteiger partial charge on any atom is -0.356 e. The van der Waals surface area contributed by atoms with Crippen LogP contribution in [0.1, 0.15) is 78.6 Å². The Morgan fingerprint density at radius 3 is 2.24 bits per heavy atom. The van der Waals surface area contributed by atoms with Crippen molar-refractivity contribution in [1.82, 2.24) is 14.9 Å². The lowest BCUT2D eigenvalue weighted by Gasteiger charge is -2.54. The Morgan fingerprint density at radius 1 is 0.891 bits per heavy atom. The van der Waals surface area contributed by atoms with Gasteiger partial charge in [-0.25, -0.2) is 0 Å². The predicted octanol–water partition coefficient (Wildman–Crippen LogP) is 5.54. The van der Waals surface area contributed by atoms with Crippen LogP contribution >= 0.6 is 0 Å². The number of anilines is 3. The van der Waals surface area contributed by atoms with E-state index in [0.29, 0.717) is 48.2 Å². The molecule has 46 heavy (non-hydrogen) atoms. The van der Waals surface area contributed by atoms with Gasteiger partial charge in [-0.15, -0.1) is 0 Å². The minimum absolute atomic E-state index is 0.0112. The molecule has 8 heteroatoms. The first-order valence-corrected chi connectivity index (χ1v) is 18.5. The first-order valence-electron chi connectivity index (χ1n) is 18.5. The topological polar surface area (TPSA) is 72.9 Å². The van der Waals surface area contributed by atoms with Gasteiger partial charge in [0.15, 0.2) is 11.6 Å². The lowest BCUT2D eigenvalue weighted by molar-refractivity contribution is -0.129. The fourth-order valence-corrected chi connectivity index (χ4v) is 11.2. The van der Waals surface area contributed by atoms with Crippen LogP contribution in [0.25, 0.3) is 0 Å². The Hall–Kier alpha value is -2.74. The number of nitrogens with zero attached hydrogens (tertiary/aromatic N) is 6. The van der Waals surface area contributed by atoms with Crippen molar-refractivity contribution in [3.8, 4) is 0 Å². The maximum Gasteiger partial charge on any atom is 0.229 e. The number of fused-ring (bicyclic) bond motifs is 5. The summed E-state index contributed by atoms with van der Waals surface area (Å²) in [6.45, 7) is 15.6. The van der Waals surface area contributed by atoms with E-state index in [2.05, 4.69) is 58.6 Å². The molecule has 4 heterocycles. The molecule has 8 rings (SSSR count). The Kier molecular flexibility index (Phi) is 7.81. The average molecular weight is 627 g/mol. The van der Waals surface area contributed by atoms with E-state index in [1.54, 1.807) is 5.57 Å². The van der Waals surface area contributed by atoms with E-state index < -0.39 is 0 Å². The normalized spacial score (nSPS) is 37.7. The Balaban J connectivity index is 0.945. The van der Waals surface area contributed by atoms with Crippen molar-refractivity contribution < 1.29 is 9.59 Å². The summed E-state index contributed by atoms with van der Waals surface area (Å²) in [6.07, 6.45) is 16.7. The summed E-state index contributed by atoms with van der Waals surface area (Å²) in [5, 5.41) is 0. The van der Waals surface area contributed by atoms with Crippen LogP contribution in [-0.2, 0) is 9.59 Å². The summed E-state index contributed by atoms with van der Waals surface area (Å²) in [6, 6.07) is 2.21. The summed E-state index contributed by atoms with van der Waals surface area (Å²) >= 11 is 0. The van der Waals surface area contributed by atoms with Gasteiger partial charge in [0.1, 0.15) is 11.6 Å². The van der Waals surface area contributed by atoms with Crippen molar-refractivity contribution in [2.24, 2.45) is 40.4 Å². The smallest absolute Gasteiger partial charge is 0.229 e. The van der Waals surface area contributed by atoms with Crippen LogP contribution < -0.4 is 14.7 Å². The van der Waals surface area contributed by atoms with Crippen LogP contribution in [0.5, 0.6) is 0 Å². The number of hydrogen-bond acceptors (Lipinski definition) is 8. The second-order valence-corrected chi connectivity index (χ2v) is 16.3. The van der Waals surface area contributed by atoms with Crippen LogP contribution in [0.3, 0.4) is 0 Å². The SMILES string of the molecule is C[C@@H]1C[C@H]2[C@@H]3CC[C@H]4CC(=O)C=C[C@]4(C)C3=CC[C@]2(C)[C@H]1C(=O)CN1CCN(c2cc(N3CCCC3)nc(N3CCCC3)n2)CC1. The third kappa shape index (κ3) is 5.12. The van der Waals surface area contributed by atoms with E-state index in [0.717, 1.165) is 89.2 Å². The van der Waals surface area contributed by atoms with E-state index in [1.165, 1.54) is 32.1 Å². The molecule has 0 spiro atoms. The molecular formula is C38H54N6O2. The zero-order chi connectivity index (χ0) is 31.6. The molecule has 1 aromatic heterocycles. The van der Waals surface area contributed by atoms with Crippen LogP contribution in [0.2, 0.25) is 0 Å². The number of carbonyl (C=O) groups is 2. The van der Waals surface area contributed by atoms with Crippen molar-refractivity contribution >= 4 is 29.2 Å².